The van der Waals surface area contributed by atoms with Crippen molar-refractivity contribution in [3.05, 3.63) is 39.1 Å². The lowest BCUT2D eigenvalue weighted by molar-refractivity contribution is 0.276. The summed E-state index contributed by atoms with van der Waals surface area (Å²) in [6.45, 7) is 2.12. The maximum atomic E-state index is 6.26. The first kappa shape index (κ1) is 16.5. The SMILES string of the molecule is COc1cc(CBr)cc(Cl)c1OCc1c(Cl)c(C)nn1C. The predicted molar refractivity (Wildman–Crippen MR) is 87.9 cm³/mol. The molecule has 1 heterocycles. The molecular formula is C14H15BrCl2N2O2. The number of hydrogen-bond acceptors (Lipinski definition) is 3. The minimum Gasteiger partial charge on any atom is -0.493 e. The average Bonchev–Trinajstić information content (AvgIpc) is 2.70. The van der Waals surface area contributed by atoms with E-state index in [0.29, 0.717) is 26.9 Å². The summed E-state index contributed by atoms with van der Waals surface area (Å²) in [6.07, 6.45) is 0. The third kappa shape index (κ3) is 3.47. The number of hydrogen-bond donors (Lipinski definition) is 0. The first-order valence-electron chi connectivity index (χ1n) is 6.21. The van der Waals surface area contributed by atoms with Crippen LogP contribution in [0.5, 0.6) is 11.5 Å². The number of rotatable bonds is 5. The molecule has 1 aromatic carbocycles. The number of nitrogens with zero attached hydrogens (tertiary/aromatic N) is 2. The molecule has 4 nitrogen and oxygen atoms in total. The van der Waals surface area contributed by atoms with Gasteiger partial charge in [0.25, 0.3) is 0 Å². The molecule has 0 radical (unpaired) electrons. The first-order chi connectivity index (χ1) is 9.97. The molecule has 114 valence electrons. The standard InChI is InChI=1S/C14H15BrCl2N2O2/c1-8-13(17)11(19(2)18-8)7-21-14-10(16)4-9(6-15)5-12(14)20-3/h4-5H,6-7H2,1-3H3. The Kier molecular flexibility index (Phi) is 5.41. The Morgan fingerprint density at radius 1 is 1.33 bits per heavy atom. The van der Waals surface area contributed by atoms with Crippen LogP contribution in [0.2, 0.25) is 10.0 Å². The van der Waals surface area contributed by atoms with Gasteiger partial charge in [-0.15, -0.1) is 0 Å². The highest BCUT2D eigenvalue weighted by Crippen LogP contribution is 2.37. The summed E-state index contributed by atoms with van der Waals surface area (Å²) >= 11 is 15.9. The van der Waals surface area contributed by atoms with Crippen LogP contribution < -0.4 is 9.47 Å². The Hall–Kier alpha value is -0.910. The van der Waals surface area contributed by atoms with Gasteiger partial charge < -0.3 is 9.47 Å². The monoisotopic (exact) mass is 392 g/mol. The van der Waals surface area contributed by atoms with Crippen LogP contribution in [0.15, 0.2) is 12.1 Å². The molecule has 0 saturated carbocycles. The van der Waals surface area contributed by atoms with Crippen molar-refractivity contribution < 1.29 is 9.47 Å². The lowest BCUT2D eigenvalue weighted by atomic mass is 10.2. The molecule has 0 aliphatic rings. The molecule has 1 aromatic heterocycles. The van der Waals surface area contributed by atoms with Crippen molar-refractivity contribution in [2.75, 3.05) is 7.11 Å². The molecule has 0 aliphatic heterocycles. The fraction of sp³-hybridized carbons (Fsp3) is 0.357. The van der Waals surface area contributed by atoms with Gasteiger partial charge in [-0.05, 0) is 24.6 Å². The summed E-state index contributed by atoms with van der Waals surface area (Å²) in [5.74, 6) is 1.09. The van der Waals surface area contributed by atoms with Crippen LogP contribution in [0, 0.1) is 6.92 Å². The second kappa shape index (κ2) is 6.90. The van der Waals surface area contributed by atoms with Crippen LogP contribution in [0.4, 0.5) is 0 Å². The van der Waals surface area contributed by atoms with Gasteiger partial charge in [0.15, 0.2) is 11.5 Å². The van der Waals surface area contributed by atoms with Gasteiger partial charge in [-0.2, -0.15) is 5.10 Å². The van der Waals surface area contributed by atoms with Gasteiger partial charge in [-0.1, -0.05) is 39.1 Å². The Labute approximate surface area is 142 Å². The lowest BCUT2D eigenvalue weighted by Crippen LogP contribution is -2.05. The number of methoxy groups -OCH3 is 1. The van der Waals surface area contributed by atoms with E-state index in [4.69, 9.17) is 32.7 Å². The number of benzene rings is 1. The van der Waals surface area contributed by atoms with Gasteiger partial charge in [0, 0.05) is 12.4 Å². The molecule has 0 atom stereocenters. The molecule has 7 heteroatoms. The first-order valence-corrected chi connectivity index (χ1v) is 8.08. The number of halogens is 3. The predicted octanol–water partition coefficient (Wildman–Crippen LogP) is 4.52. The molecule has 0 fully saturated rings. The van der Waals surface area contributed by atoms with E-state index < -0.39 is 0 Å². The molecule has 2 aromatic rings. The zero-order valence-corrected chi connectivity index (χ0v) is 15.0. The van der Waals surface area contributed by atoms with Crippen LogP contribution in [0.1, 0.15) is 17.0 Å². The minimum absolute atomic E-state index is 0.264. The summed E-state index contributed by atoms with van der Waals surface area (Å²) < 4.78 is 12.8. The minimum atomic E-state index is 0.264. The molecule has 0 saturated heterocycles. The maximum Gasteiger partial charge on any atom is 0.180 e. The van der Waals surface area contributed by atoms with Crippen molar-refractivity contribution in [2.45, 2.75) is 18.9 Å². The molecule has 0 aliphatic carbocycles. The fourth-order valence-corrected chi connectivity index (χ4v) is 2.79. The highest BCUT2D eigenvalue weighted by molar-refractivity contribution is 9.08. The van der Waals surface area contributed by atoms with Crippen LogP contribution in [-0.2, 0) is 19.0 Å². The van der Waals surface area contributed by atoms with E-state index in [1.54, 1.807) is 11.8 Å². The number of ether oxygens (including phenoxy) is 2. The fourth-order valence-electron chi connectivity index (χ4n) is 1.97. The third-order valence-corrected chi connectivity index (χ3v) is 4.48. The third-order valence-electron chi connectivity index (χ3n) is 3.06. The van der Waals surface area contributed by atoms with E-state index >= 15 is 0 Å². The largest absolute Gasteiger partial charge is 0.493 e. The second-order valence-electron chi connectivity index (χ2n) is 4.50. The molecule has 0 N–H and O–H groups in total. The average molecular weight is 394 g/mol. The number of aryl methyl sites for hydroxylation is 2. The topological polar surface area (TPSA) is 36.3 Å². The van der Waals surface area contributed by atoms with Gasteiger partial charge in [0.05, 0.1) is 28.5 Å². The second-order valence-corrected chi connectivity index (χ2v) is 5.85. The quantitative estimate of drug-likeness (QED) is 0.700. The lowest BCUT2D eigenvalue weighted by Gasteiger charge is -2.14. The molecule has 0 amide bonds. The Morgan fingerprint density at radius 2 is 2.05 bits per heavy atom. The Balaban J connectivity index is 2.27. The van der Waals surface area contributed by atoms with Gasteiger partial charge in [0.2, 0.25) is 0 Å². The van der Waals surface area contributed by atoms with E-state index in [9.17, 15) is 0 Å². The maximum absolute atomic E-state index is 6.26. The van der Waals surface area contributed by atoms with E-state index in [1.165, 1.54) is 0 Å². The van der Waals surface area contributed by atoms with Gasteiger partial charge in [-0.3, -0.25) is 4.68 Å². The van der Waals surface area contributed by atoms with Crippen LogP contribution in [0.25, 0.3) is 0 Å². The van der Waals surface area contributed by atoms with Crippen molar-refractivity contribution in [1.29, 1.82) is 0 Å². The van der Waals surface area contributed by atoms with Crippen molar-refractivity contribution in [2.24, 2.45) is 7.05 Å². The van der Waals surface area contributed by atoms with Crippen molar-refractivity contribution >= 4 is 39.1 Å². The number of alkyl halides is 1. The van der Waals surface area contributed by atoms with Crippen molar-refractivity contribution in [3.8, 4) is 11.5 Å². The van der Waals surface area contributed by atoms with Crippen molar-refractivity contribution in [1.82, 2.24) is 9.78 Å². The number of aromatic nitrogens is 2. The molecule has 0 spiro atoms. The van der Waals surface area contributed by atoms with E-state index in [0.717, 1.165) is 17.0 Å². The van der Waals surface area contributed by atoms with Crippen LogP contribution in [-0.4, -0.2) is 16.9 Å². The highest BCUT2D eigenvalue weighted by atomic mass is 79.9. The molecule has 21 heavy (non-hydrogen) atoms. The summed E-state index contributed by atoms with van der Waals surface area (Å²) in [6, 6.07) is 3.72. The zero-order chi connectivity index (χ0) is 15.6. The summed E-state index contributed by atoms with van der Waals surface area (Å²) in [5, 5.41) is 6.04. The molecule has 0 unspecified atom stereocenters. The highest BCUT2D eigenvalue weighted by Gasteiger charge is 2.16. The van der Waals surface area contributed by atoms with E-state index in [-0.39, 0.29) is 6.61 Å². The smallest absolute Gasteiger partial charge is 0.180 e. The molecular weight excluding hydrogens is 379 g/mol. The van der Waals surface area contributed by atoms with E-state index in [1.807, 2.05) is 26.1 Å². The summed E-state index contributed by atoms with van der Waals surface area (Å²) in [4.78, 5) is 0. The Bertz CT molecular complexity index is 659. The van der Waals surface area contributed by atoms with Gasteiger partial charge >= 0.3 is 0 Å². The van der Waals surface area contributed by atoms with Crippen LogP contribution >= 0.6 is 39.1 Å². The zero-order valence-electron chi connectivity index (χ0n) is 11.9. The van der Waals surface area contributed by atoms with E-state index in [2.05, 4.69) is 21.0 Å². The van der Waals surface area contributed by atoms with Crippen LogP contribution in [0.3, 0.4) is 0 Å². The van der Waals surface area contributed by atoms with Gasteiger partial charge in [-0.25, -0.2) is 0 Å². The van der Waals surface area contributed by atoms with Crippen molar-refractivity contribution in [3.63, 3.8) is 0 Å². The summed E-state index contributed by atoms with van der Waals surface area (Å²) in [5.41, 5.74) is 2.57. The Morgan fingerprint density at radius 3 is 2.57 bits per heavy atom. The molecule has 0 bridgehead atoms. The summed E-state index contributed by atoms with van der Waals surface area (Å²) in [7, 11) is 3.40. The van der Waals surface area contributed by atoms with Gasteiger partial charge in [0.1, 0.15) is 6.61 Å². The normalized spacial score (nSPS) is 10.8. The molecule has 2 rings (SSSR count).